The summed E-state index contributed by atoms with van der Waals surface area (Å²) in [5.41, 5.74) is 6.82. The van der Waals surface area contributed by atoms with Crippen LogP contribution in [0.5, 0.6) is 0 Å². The number of hydrogen-bond donors (Lipinski definition) is 2. The Morgan fingerprint density at radius 3 is 1.68 bits per heavy atom. The lowest BCUT2D eigenvalue weighted by Gasteiger charge is -2.47. The van der Waals surface area contributed by atoms with E-state index < -0.39 is 99.7 Å². The van der Waals surface area contributed by atoms with E-state index in [4.69, 9.17) is 117 Å². The minimum atomic E-state index is -4.42. The van der Waals surface area contributed by atoms with Gasteiger partial charge in [0, 0.05) is 48.6 Å². The van der Waals surface area contributed by atoms with Crippen molar-refractivity contribution in [3.63, 3.8) is 0 Å². The van der Waals surface area contributed by atoms with Crippen molar-refractivity contribution in [3.8, 4) is 0 Å². The Morgan fingerprint density at radius 1 is 0.691 bits per heavy atom. The molecule has 94 heavy (non-hydrogen) atoms. The van der Waals surface area contributed by atoms with Gasteiger partial charge in [0.1, 0.15) is 17.1 Å². The maximum absolute atomic E-state index is 13.8. The molecule has 0 aliphatic carbocycles. The van der Waals surface area contributed by atoms with Crippen LogP contribution in [0.1, 0.15) is 131 Å². The molecule has 1 saturated heterocycles. The quantitative estimate of drug-likeness (QED) is 0.0632. The first-order valence-electron chi connectivity index (χ1n) is 28.7. The minimum absolute atomic E-state index is 0.0784. The second-order valence-corrected chi connectivity index (χ2v) is 31.0. The highest BCUT2D eigenvalue weighted by atomic mass is 35.5. The zero-order valence-electron chi connectivity index (χ0n) is 50.8. The zero-order valence-corrected chi connectivity index (χ0v) is 58.5. The van der Waals surface area contributed by atoms with Crippen molar-refractivity contribution in [2.75, 3.05) is 31.6 Å². The predicted octanol–water partition coefficient (Wildman–Crippen LogP) is 15.1. The Hall–Kier alpha value is -5.25. The van der Waals surface area contributed by atoms with E-state index in [2.05, 4.69) is 20.8 Å². The van der Waals surface area contributed by atoms with Crippen molar-refractivity contribution in [1.29, 1.82) is 0 Å². The number of sulfone groups is 1. The lowest BCUT2D eigenvalue weighted by Crippen LogP contribution is -2.62. The van der Waals surface area contributed by atoms with E-state index >= 15 is 0 Å². The summed E-state index contributed by atoms with van der Waals surface area (Å²) in [5.74, 6) is -2.82. The van der Waals surface area contributed by atoms with Crippen LogP contribution in [0, 0.1) is 12.7 Å². The van der Waals surface area contributed by atoms with E-state index in [1.54, 1.807) is 37.3 Å². The number of nitrogens with one attached hydrogen (secondary N) is 1. The average molecular weight is 1490 g/mol. The van der Waals surface area contributed by atoms with Gasteiger partial charge in [0.15, 0.2) is 38.2 Å². The van der Waals surface area contributed by atoms with Crippen molar-refractivity contribution in [2.45, 2.75) is 114 Å². The van der Waals surface area contributed by atoms with Crippen LogP contribution in [0.3, 0.4) is 0 Å². The summed E-state index contributed by atoms with van der Waals surface area (Å²) >= 11 is 49.8. The van der Waals surface area contributed by atoms with Gasteiger partial charge < -0.3 is 39.1 Å². The van der Waals surface area contributed by atoms with Gasteiger partial charge in [-0.1, -0.05) is 133 Å². The highest BCUT2D eigenvalue weighted by molar-refractivity contribution is 7.91. The van der Waals surface area contributed by atoms with Gasteiger partial charge >= 0.3 is 13.3 Å². The normalized spacial score (nSPS) is 21.3. The number of likely N-dealkylation sites (tertiary alicyclic amines) is 1. The summed E-state index contributed by atoms with van der Waals surface area (Å²) in [6, 6.07) is 23.2. The fourth-order valence-electron chi connectivity index (χ4n) is 11.4. The Bertz CT molecular complexity index is 4260. The third-order valence-corrected chi connectivity index (χ3v) is 21.7. The molecule has 2 amide bonds. The highest BCUT2D eigenvalue weighted by Gasteiger charge is 2.52. The van der Waals surface area contributed by atoms with Crippen molar-refractivity contribution in [1.82, 2.24) is 10.2 Å². The Balaban J connectivity index is 0.000000155. The number of thiophene rings is 1. The van der Waals surface area contributed by atoms with Crippen molar-refractivity contribution in [3.05, 3.63) is 185 Å². The number of ether oxygens (including phenoxy) is 1. The number of rotatable bonds is 13. The molecule has 0 radical (unpaired) electrons. The van der Waals surface area contributed by atoms with Crippen LogP contribution in [0.25, 0.3) is 0 Å². The Morgan fingerprint density at radius 2 is 1.17 bits per heavy atom. The molecule has 16 nitrogen and oxygen atoms in total. The molecule has 5 aromatic carbocycles. The smallest absolute Gasteiger partial charge is 0.423 e. The first-order chi connectivity index (χ1) is 43.8. The predicted molar refractivity (Wildman–Crippen MR) is 357 cm³/mol. The SMILES string of the molecule is CC1(C)OB(O)c2ccc(C3=NO[C@](C)(c4cc(Cl)c(Cl)c(Cl)c4)C3)cc21.C[C@@]1(c2cc(Cl)c(F)c(Cl)c2)CC(c2ccc3c(c2)COC32CN(C(=O)CS(C)(=O)=O)C2)=NO1.Cc1cc(C2=NO[C@](C)(c3cc(Cl)c(Cl)c(Cl)c3)C2)sc1C(=O)NCC(=O)CCC(F)(F)F. The molecule has 3 atom stereocenters. The van der Waals surface area contributed by atoms with Gasteiger partial charge in [-0.05, 0) is 135 Å². The number of benzene rings is 5. The maximum Gasteiger partial charge on any atom is 0.492 e. The molecule has 1 fully saturated rings. The fourth-order valence-corrected chi connectivity index (χ4v) is 14.8. The first-order valence-corrected chi connectivity index (χ1v) is 34.6. The summed E-state index contributed by atoms with van der Waals surface area (Å²) in [6.45, 7) is 11.7. The molecule has 6 aromatic rings. The minimum Gasteiger partial charge on any atom is -0.423 e. The summed E-state index contributed by atoms with van der Waals surface area (Å²) in [7, 11) is -4.29. The Kier molecular flexibility index (Phi) is 20.5. The van der Waals surface area contributed by atoms with Gasteiger partial charge in [0.05, 0.1) is 99.6 Å². The number of aryl methyl sites for hydroxylation is 1. The molecule has 0 bridgehead atoms. The summed E-state index contributed by atoms with van der Waals surface area (Å²) in [4.78, 5) is 56.0. The summed E-state index contributed by atoms with van der Waals surface area (Å²) < 4.78 is 85.0. The number of fused-ring (bicyclic) bond motifs is 3. The molecule has 7 heterocycles. The molecule has 31 heteroatoms. The van der Waals surface area contributed by atoms with Crippen LogP contribution in [0.15, 0.2) is 94.3 Å². The monoisotopic (exact) mass is 1490 g/mol. The standard InChI is InChI=1S/C23H21Cl2FN2O5S.C21H18Cl3F3N2O3S.C19H17BCl3NO3/c1-22(15-6-17(24)21(26)18(25)7-15)8-19(27-33-22)13-3-4-16-14(5-13)9-32-23(16)11-28(12-23)20(29)10-34(2,30)31;1-10-5-16(33-18(10)19(31)28-9-12(30)3-4-21(25,26)27)15-8-20(2,32-29-15)11-6-13(22)17(24)14(23)7-11;1-18(2)12-6-10(4-5-13(12)20(25)26-18)16-9-19(3,27-24-16)11-7-14(21)17(23)15(22)8-11/h3-7H,8-12H2,1-2H3;5-7H,3-4,8-9H2,1-2H3,(H,28,31);4-8,25H,9H2,1-3H3/t22-;20-;19-/m000/s1. The van der Waals surface area contributed by atoms with Gasteiger partial charge in [-0.25, -0.2) is 12.8 Å². The second-order valence-electron chi connectivity index (χ2n) is 24.6. The number of amides is 2. The number of hydrogen-bond acceptors (Lipinski definition) is 15. The number of carbonyl (C=O) groups is 3. The van der Waals surface area contributed by atoms with E-state index in [0.29, 0.717) is 86.2 Å². The van der Waals surface area contributed by atoms with Crippen LogP contribution in [-0.4, -0.2) is 98.0 Å². The van der Waals surface area contributed by atoms with E-state index in [9.17, 15) is 45.4 Å². The molecule has 0 saturated carbocycles. The number of carbonyl (C=O) groups excluding carboxylic acids is 3. The average Bonchev–Trinajstić information content (AvgIpc) is 1.58. The lowest BCUT2D eigenvalue weighted by atomic mass is 9.77. The van der Waals surface area contributed by atoms with Gasteiger partial charge in [0.2, 0.25) is 5.91 Å². The highest BCUT2D eigenvalue weighted by Crippen LogP contribution is 2.47. The number of halogens is 12. The van der Waals surface area contributed by atoms with Crippen LogP contribution in [0.4, 0.5) is 17.6 Å². The van der Waals surface area contributed by atoms with Crippen LogP contribution in [0.2, 0.25) is 40.2 Å². The molecule has 1 aromatic heterocycles. The summed E-state index contributed by atoms with van der Waals surface area (Å²) in [5, 5.41) is 26.9. The molecule has 2 N–H and O–H groups in total. The van der Waals surface area contributed by atoms with E-state index in [0.717, 1.165) is 67.9 Å². The van der Waals surface area contributed by atoms with Gasteiger partial charge in [-0.2, -0.15) is 13.2 Å². The van der Waals surface area contributed by atoms with Crippen molar-refractivity contribution in [2.24, 2.45) is 15.5 Å². The molecular weight excluding hydrogens is 1440 g/mol. The van der Waals surface area contributed by atoms with Gasteiger partial charge in [0.25, 0.3) is 5.91 Å². The number of alkyl halides is 3. The molecular formula is C63H56BCl8F4N5O11S2. The molecule has 1 spiro atoms. The van der Waals surface area contributed by atoms with E-state index in [-0.39, 0.29) is 25.1 Å². The van der Waals surface area contributed by atoms with E-state index in [1.807, 2.05) is 71.0 Å². The third kappa shape index (κ3) is 15.2. The van der Waals surface area contributed by atoms with Crippen molar-refractivity contribution < 1.29 is 69.3 Å². The lowest BCUT2D eigenvalue weighted by molar-refractivity contribution is -0.166. The van der Waals surface area contributed by atoms with Gasteiger partial charge in [-0.15, -0.1) is 11.3 Å². The largest absolute Gasteiger partial charge is 0.492 e. The number of Topliss-reactive ketones (excluding diaryl/α,β-unsaturated/α-hetero) is 1. The first kappa shape index (κ1) is 71.5. The number of nitrogens with zero attached hydrogens (tertiary/aromatic N) is 4. The van der Waals surface area contributed by atoms with Gasteiger partial charge in [-0.3, -0.25) is 14.4 Å². The zero-order chi connectivity index (χ0) is 68.6. The van der Waals surface area contributed by atoms with E-state index in [1.165, 1.54) is 17.0 Å². The van der Waals surface area contributed by atoms with Crippen molar-refractivity contribution >= 4 is 161 Å². The van der Waals surface area contributed by atoms with Crippen LogP contribution < -0.4 is 10.8 Å². The number of ketones is 1. The molecule has 0 unspecified atom stereocenters. The molecule has 6 aliphatic heterocycles. The topological polar surface area (TPSA) is 204 Å². The molecule has 6 aliphatic rings. The molecule has 12 rings (SSSR count). The fraction of sp³-hybridized carbons (Fsp3) is 0.365. The summed E-state index contributed by atoms with van der Waals surface area (Å²) in [6.07, 6.45) is -3.91. The third-order valence-electron chi connectivity index (χ3n) is 16.7. The van der Waals surface area contributed by atoms with Crippen LogP contribution >= 0.6 is 104 Å². The maximum atomic E-state index is 13.8. The number of oxime groups is 3. The Labute approximate surface area is 582 Å². The van der Waals surface area contributed by atoms with Crippen LogP contribution in [-0.2, 0) is 77.9 Å². The molecule has 498 valence electrons. The second kappa shape index (κ2) is 26.9.